The molecule has 1 atom stereocenters. The fourth-order valence-electron chi connectivity index (χ4n) is 5.06. The van der Waals surface area contributed by atoms with Gasteiger partial charge in [-0.25, -0.2) is 4.57 Å². The van der Waals surface area contributed by atoms with Crippen LogP contribution in [0.3, 0.4) is 0 Å². The molecule has 9 heteroatoms. The van der Waals surface area contributed by atoms with E-state index in [1.165, 1.54) is 109 Å². The van der Waals surface area contributed by atoms with Crippen LogP contribution in [0.25, 0.3) is 0 Å². The van der Waals surface area contributed by atoms with Gasteiger partial charge in [-0.1, -0.05) is 148 Å². The lowest BCUT2D eigenvalue weighted by molar-refractivity contribution is -0.161. The Hall–Kier alpha value is -1.21. The summed E-state index contributed by atoms with van der Waals surface area (Å²) in [6.07, 6.45) is 32.2. The molecular formula is C35H67O8P. The van der Waals surface area contributed by atoms with E-state index in [-0.39, 0.29) is 19.4 Å². The summed E-state index contributed by atoms with van der Waals surface area (Å²) in [5, 5.41) is 0. The lowest BCUT2D eigenvalue weighted by atomic mass is 10.1. The summed E-state index contributed by atoms with van der Waals surface area (Å²) >= 11 is 0. The number of esters is 2. The fraction of sp³-hybridized carbons (Fsp3) is 0.886. The van der Waals surface area contributed by atoms with Gasteiger partial charge in [-0.05, 0) is 32.1 Å². The number of carbonyl (C=O) groups is 2. The number of phosphoric ester groups is 1. The predicted octanol–water partition coefficient (Wildman–Crippen LogP) is 10.3. The van der Waals surface area contributed by atoms with Gasteiger partial charge in [0.15, 0.2) is 6.10 Å². The Morgan fingerprint density at radius 3 is 1.45 bits per heavy atom. The second kappa shape index (κ2) is 31.8. The van der Waals surface area contributed by atoms with E-state index in [1.807, 2.05) is 0 Å². The molecule has 0 amide bonds. The van der Waals surface area contributed by atoms with Gasteiger partial charge in [0, 0.05) is 12.8 Å². The summed E-state index contributed by atoms with van der Waals surface area (Å²) in [5.41, 5.74) is 0. The highest BCUT2D eigenvalue weighted by Crippen LogP contribution is 2.36. The Bertz CT molecular complexity index is 736. The number of rotatable bonds is 33. The summed E-state index contributed by atoms with van der Waals surface area (Å²) in [4.78, 5) is 42.6. The molecular weight excluding hydrogens is 579 g/mol. The molecule has 0 unspecified atom stereocenters. The summed E-state index contributed by atoms with van der Waals surface area (Å²) in [7, 11) is -4.74. The molecule has 2 N–H and O–H groups in total. The molecule has 0 aromatic heterocycles. The van der Waals surface area contributed by atoms with Crippen molar-refractivity contribution in [1.82, 2.24) is 0 Å². The Labute approximate surface area is 269 Å². The van der Waals surface area contributed by atoms with Gasteiger partial charge < -0.3 is 19.3 Å². The quantitative estimate of drug-likeness (QED) is 0.0313. The van der Waals surface area contributed by atoms with Crippen molar-refractivity contribution < 1.29 is 37.9 Å². The minimum absolute atomic E-state index is 0.213. The standard InChI is InChI=1S/C35H67O8P/c1-3-5-7-9-11-13-15-16-17-18-20-22-24-26-28-30-35(37)43-33(32-42-44(38,39)40)31-41-34(36)29-27-25-23-21-19-14-12-10-8-6-4-2/h9,11,33H,3-8,10,12-32H2,1-2H3,(H2,38,39,40)/b11-9+/t33-/m1/s1. The smallest absolute Gasteiger partial charge is 0.462 e. The first-order chi connectivity index (χ1) is 21.3. The molecule has 0 aliphatic rings. The molecule has 0 radical (unpaired) electrons. The molecule has 0 saturated heterocycles. The van der Waals surface area contributed by atoms with Gasteiger partial charge in [0.25, 0.3) is 0 Å². The number of allylic oxidation sites excluding steroid dienone is 2. The molecule has 0 fully saturated rings. The topological polar surface area (TPSA) is 119 Å². The lowest BCUT2D eigenvalue weighted by Crippen LogP contribution is -2.29. The second-order valence-electron chi connectivity index (χ2n) is 12.2. The molecule has 0 bridgehead atoms. The van der Waals surface area contributed by atoms with E-state index in [1.54, 1.807) is 0 Å². The van der Waals surface area contributed by atoms with Crippen LogP contribution in [0.2, 0.25) is 0 Å². The van der Waals surface area contributed by atoms with Crippen molar-refractivity contribution in [3.8, 4) is 0 Å². The van der Waals surface area contributed by atoms with Gasteiger partial charge in [0.2, 0.25) is 0 Å². The molecule has 44 heavy (non-hydrogen) atoms. The Morgan fingerprint density at radius 1 is 0.568 bits per heavy atom. The molecule has 0 aliphatic heterocycles. The molecule has 0 saturated carbocycles. The van der Waals surface area contributed by atoms with E-state index in [2.05, 4.69) is 30.5 Å². The van der Waals surface area contributed by atoms with Gasteiger partial charge in [0.1, 0.15) is 6.61 Å². The molecule has 0 aromatic rings. The van der Waals surface area contributed by atoms with E-state index in [9.17, 15) is 14.2 Å². The van der Waals surface area contributed by atoms with Crippen LogP contribution in [0.5, 0.6) is 0 Å². The number of carbonyl (C=O) groups excluding carboxylic acids is 2. The van der Waals surface area contributed by atoms with E-state index in [0.29, 0.717) is 6.42 Å². The molecule has 0 spiro atoms. The monoisotopic (exact) mass is 646 g/mol. The Balaban J connectivity index is 3.96. The number of hydrogen-bond acceptors (Lipinski definition) is 6. The SMILES string of the molecule is CCCC/C=C/CCCCCCCCCCCC(=O)O[C@H](COC(=O)CCCCCCCCCCCCC)COP(=O)(O)O. The first kappa shape index (κ1) is 42.8. The van der Waals surface area contributed by atoms with Crippen LogP contribution in [-0.2, 0) is 28.2 Å². The normalized spacial score (nSPS) is 12.5. The average Bonchev–Trinajstić information content (AvgIpc) is 2.98. The number of hydrogen-bond donors (Lipinski definition) is 2. The highest BCUT2D eigenvalue weighted by Gasteiger charge is 2.22. The molecule has 0 rings (SSSR count). The summed E-state index contributed by atoms with van der Waals surface area (Å²) in [5.74, 6) is -0.883. The van der Waals surface area contributed by atoms with Crippen molar-refractivity contribution in [2.75, 3.05) is 13.2 Å². The van der Waals surface area contributed by atoms with Crippen LogP contribution in [0.1, 0.15) is 181 Å². The Kier molecular flexibility index (Phi) is 30.9. The van der Waals surface area contributed by atoms with E-state index < -0.39 is 32.5 Å². The van der Waals surface area contributed by atoms with Crippen molar-refractivity contribution in [2.45, 2.75) is 187 Å². The van der Waals surface area contributed by atoms with Crippen LogP contribution < -0.4 is 0 Å². The van der Waals surface area contributed by atoms with Gasteiger partial charge in [-0.3, -0.25) is 14.1 Å². The zero-order chi connectivity index (χ0) is 32.6. The second-order valence-corrected chi connectivity index (χ2v) is 13.4. The maximum Gasteiger partial charge on any atom is 0.469 e. The van der Waals surface area contributed by atoms with Crippen LogP contribution >= 0.6 is 7.82 Å². The van der Waals surface area contributed by atoms with E-state index in [0.717, 1.165) is 38.5 Å². The average molecular weight is 647 g/mol. The Morgan fingerprint density at radius 2 is 0.977 bits per heavy atom. The van der Waals surface area contributed by atoms with Crippen molar-refractivity contribution >= 4 is 19.8 Å². The van der Waals surface area contributed by atoms with E-state index in [4.69, 9.17) is 19.3 Å². The zero-order valence-corrected chi connectivity index (χ0v) is 29.2. The molecule has 260 valence electrons. The van der Waals surface area contributed by atoms with E-state index >= 15 is 0 Å². The molecule has 8 nitrogen and oxygen atoms in total. The minimum Gasteiger partial charge on any atom is -0.462 e. The molecule has 0 heterocycles. The third kappa shape index (κ3) is 33.7. The number of unbranched alkanes of at least 4 members (excludes halogenated alkanes) is 21. The number of phosphoric acid groups is 1. The van der Waals surface area contributed by atoms with Gasteiger partial charge in [0.05, 0.1) is 6.61 Å². The lowest BCUT2D eigenvalue weighted by Gasteiger charge is -2.18. The summed E-state index contributed by atoms with van der Waals surface area (Å²) in [6, 6.07) is 0. The van der Waals surface area contributed by atoms with Crippen LogP contribution in [0.15, 0.2) is 12.2 Å². The van der Waals surface area contributed by atoms with Gasteiger partial charge in [-0.15, -0.1) is 0 Å². The molecule has 0 aliphatic carbocycles. The van der Waals surface area contributed by atoms with Crippen molar-refractivity contribution in [2.24, 2.45) is 0 Å². The first-order valence-electron chi connectivity index (χ1n) is 18.0. The fourth-order valence-corrected chi connectivity index (χ4v) is 5.42. The zero-order valence-electron chi connectivity index (χ0n) is 28.3. The van der Waals surface area contributed by atoms with Crippen molar-refractivity contribution in [3.05, 3.63) is 12.2 Å². The van der Waals surface area contributed by atoms with Crippen LogP contribution in [0.4, 0.5) is 0 Å². The maximum absolute atomic E-state index is 12.3. The van der Waals surface area contributed by atoms with Crippen LogP contribution in [0, 0.1) is 0 Å². The molecule has 0 aromatic carbocycles. The highest BCUT2D eigenvalue weighted by atomic mass is 31.2. The maximum atomic E-state index is 12.3. The van der Waals surface area contributed by atoms with Crippen molar-refractivity contribution in [3.63, 3.8) is 0 Å². The predicted molar refractivity (Wildman–Crippen MR) is 179 cm³/mol. The third-order valence-corrected chi connectivity index (χ3v) is 8.27. The number of ether oxygens (including phenoxy) is 2. The highest BCUT2D eigenvalue weighted by molar-refractivity contribution is 7.46. The third-order valence-electron chi connectivity index (χ3n) is 7.78. The summed E-state index contributed by atoms with van der Waals surface area (Å²) < 4.78 is 26.2. The minimum atomic E-state index is -4.74. The van der Waals surface area contributed by atoms with Gasteiger partial charge in [-0.2, -0.15) is 0 Å². The largest absolute Gasteiger partial charge is 0.469 e. The van der Waals surface area contributed by atoms with Gasteiger partial charge >= 0.3 is 19.8 Å². The van der Waals surface area contributed by atoms with Crippen LogP contribution in [-0.4, -0.2) is 41.0 Å². The van der Waals surface area contributed by atoms with Crippen molar-refractivity contribution in [1.29, 1.82) is 0 Å². The first-order valence-corrected chi connectivity index (χ1v) is 19.5. The summed E-state index contributed by atoms with van der Waals surface area (Å²) in [6.45, 7) is 3.64.